The first kappa shape index (κ1) is 14.8. The highest BCUT2D eigenvalue weighted by atomic mass is 16.5. The number of morpholine rings is 1. The fraction of sp³-hybridized carbons (Fsp3) is 0.929. The third-order valence-electron chi connectivity index (χ3n) is 4.37. The summed E-state index contributed by atoms with van der Waals surface area (Å²) in [6.45, 7) is 5.45. The Morgan fingerprint density at radius 2 is 2.05 bits per heavy atom. The molecule has 0 aromatic rings. The van der Waals surface area contributed by atoms with E-state index in [1.54, 1.807) is 0 Å². The summed E-state index contributed by atoms with van der Waals surface area (Å²) < 4.78 is 5.28. The van der Waals surface area contributed by atoms with Gasteiger partial charge in [-0.15, -0.1) is 0 Å². The molecule has 0 radical (unpaired) electrons. The second-order valence-corrected chi connectivity index (χ2v) is 5.71. The molecule has 1 aliphatic heterocycles. The summed E-state index contributed by atoms with van der Waals surface area (Å²) in [7, 11) is 0. The lowest BCUT2D eigenvalue weighted by Crippen LogP contribution is -2.54. The second-order valence-electron chi connectivity index (χ2n) is 5.71. The van der Waals surface area contributed by atoms with Gasteiger partial charge in [-0.05, 0) is 32.2 Å². The highest BCUT2D eigenvalue weighted by molar-refractivity contribution is 5.81. The maximum absolute atomic E-state index is 12.3. The topological polar surface area (TPSA) is 67.6 Å². The van der Waals surface area contributed by atoms with Crippen LogP contribution in [0.25, 0.3) is 0 Å². The van der Waals surface area contributed by atoms with E-state index in [4.69, 9.17) is 10.5 Å². The molecule has 0 aromatic heterocycles. The number of hydrogen-bond acceptors (Lipinski definition) is 4. The van der Waals surface area contributed by atoms with Gasteiger partial charge < -0.3 is 20.7 Å². The third kappa shape index (κ3) is 3.91. The molecule has 1 saturated carbocycles. The first-order chi connectivity index (χ1) is 9.22. The van der Waals surface area contributed by atoms with Gasteiger partial charge in [0.2, 0.25) is 5.91 Å². The van der Waals surface area contributed by atoms with Gasteiger partial charge in [-0.25, -0.2) is 0 Å². The Hall–Kier alpha value is -0.650. The van der Waals surface area contributed by atoms with Crippen LogP contribution in [0.3, 0.4) is 0 Å². The quantitative estimate of drug-likeness (QED) is 0.772. The molecule has 1 saturated heterocycles. The predicted molar refractivity (Wildman–Crippen MR) is 74.8 cm³/mol. The zero-order valence-corrected chi connectivity index (χ0v) is 11.9. The van der Waals surface area contributed by atoms with Gasteiger partial charge >= 0.3 is 0 Å². The summed E-state index contributed by atoms with van der Waals surface area (Å²) >= 11 is 0. The molecule has 3 N–H and O–H groups in total. The molecule has 5 heteroatoms. The zero-order valence-electron chi connectivity index (χ0n) is 11.9. The Balaban J connectivity index is 1.84. The summed E-state index contributed by atoms with van der Waals surface area (Å²) in [6, 6.07) is 0.286. The van der Waals surface area contributed by atoms with Gasteiger partial charge in [-0.3, -0.25) is 4.79 Å². The fourth-order valence-electron chi connectivity index (χ4n) is 3.16. The molecule has 110 valence electrons. The lowest BCUT2D eigenvalue weighted by molar-refractivity contribution is -0.137. The molecule has 5 nitrogen and oxygen atoms in total. The van der Waals surface area contributed by atoms with Crippen molar-refractivity contribution in [2.75, 3.05) is 32.8 Å². The summed E-state index contributed by atoms with van der Waals surface area (Å²) in [5.41, 5.74) is 5.84. The van der Waals surface area contributed by atoms with E-state index in [0.717, 1.165) is 26.1 Å². The number of rotatable bonds is 4. The maximum Gasteiger partial charge on any atom is 0.239 e. The van der Waals surface area contributed by atoms with Crippen molar-refractivity contribution >= 4 is 5.91 Å². The van der Waals surface area contributed by atoms with Crippen molar-refractivity contribution in [2.45, 2.75) is 44.7 Å². The van der Waals surface area contributed by atoms with E-state index < -0.39 is 0 Å². The van der Waals surface area contributed by atoms with Crippen molar-refractivity contribution in [2.24, 2.45) is 11.7 Å². The van der Waals surface area contributed by atoms with E-state index in [9.17, 15) is 4.79 Å². The number of amides is 1. The van der Waals surface area contributed by atoms with Gasteiger partial charge in [-0.1, -0.05) is 12.8 Å². The lowest BCUT2D eigenvalue weighted by Gasteiger charge is -2.35. The van der Waals surface area contributed by atoms with Gasteiger partial charge in [0.25, 0.3) is 0 Å². The molecule has 0 bridgehead atoms. The average Bonchev–Trinajstić information content (AvgIpc) is 2.48. The highest BCUT2D eigenvalue weighted by Gasteiger charge is 2.29. The SMILES string of the molecule is CC(NC1CCCCC1CN)C(=O)N1CCOCC1. The minimum Gasteiger partial charge on any atom is -0.378 e. The standard InChI is InChI=1S/C14H27N3O2/c1-11(14(18)17-6-8-19-9-7-17)16-13-5-3-2-4-12(13)10-15/h11-13,16H,2-10,15H2,1H3. The molecule has 1 aliphatic carbocycles. The van der Waals surface area contributed by atoms with Crippen LogP contribution in [0, 0.1) is 5.92 Å². The minimum atomic E-state index is -0.116. The van der Waals surface area contributed by atoms with Crippen LogP contribution in [0.15, 0.2) is 0 Å². The molecule has 1 heterocycles. The Kier molecular flexibility index (Phi) is 5.60. The highest BCUT2D eigenvalue weighted by Crippen LogP contribution is 2.24. The third-order valence-corrected chi connectivity index (χ3v) is 4.37. The van der Waals surface area contributed by atoms with E-state index >= 15 is 0 Å². The van der Waals surface area contributed by atoms with Gasteiger partial charge in [0.05, 0.1) is 19.3 Å². The number of carbonyl (C=O) groups is 1. The van der Waals surface area contributed by atoms with Gasteiger partial charge in [0, 0.05) is 19.1 Å². The van der Waals surface area contributed by atoms with Crippen molar-refractivity contribution in [3.8, 4) is 0 Å². The minimum absolute atomic E-state index is 0.116. The number of carbonyl (C=O) groups excluding carboxylic acids is 1. The van der Waals surface area contributed by atoms with Crippen LogP contribution in [0.2, 0.25) is 0 Å². The van der Waals surface area contributed by atoms with Crippen molar-refractivity contribution in [1.29, 1.82) is 0 Å². The molecular weight excluding hydrogens is 242 g/mol. The van der Waals surface area contributed by atoms with Gasteiger partial charge in [0.1, 0.15) is 0 Å². The first-order valence-corrected chi connectivity index (χ1v) is 7.55. The average molecular weight is 269 g/mol. The number of nitrogens with zero attached hydrogens (tertiary/aromatic N) is 1. The summed E-state index contributed by atoms with van der Waals surface area (Å²) in [6.07, 6.45) is 4.84. The number of ether oxygens (including phenoxy) is 1. The molecule has 19 heavy (non-hydrogen) atoms. The molecule has 1 amide bonds. The monoisotopic (exact) mass is 269 g/mol. The van der Waals surface area contributed by atoms with Crippen molar-refractivity contribution in [1.82, 2.24) is 10.2 Å². The predicted octanol–water partition coefficient (Wildman–Crippen LogP) is 0.341. The van der Waals surface area contributed by atoms with E-state index in [-0.39, 0.29) is 11.9 Å². The molecular formula is C14H27N3O2. The fourth-order valence-corrected chi connectivity index (χ4v) is 3.16. The largest absolute Gasteiger partial charge is 0.378 e. The Morgan fingerprint density at radius 3 is 2.74 bits per heavy atom. The van der Waals surface area contributed by atoms with E-state index in [2.05, 4.69) is 5.32 Å². The van der Waals surface area contributed by atoms with Crippen LogP contribution in [-0.2, 0) is 9.53 Å². The molecule has 0 aromatic carbocycles. The van der Waals surface area contributed by atoms with Gasteiger partial charge in [0.15, 0.2) is 0 Å². The van der Waals surface area contributed by atoms with Crippen LogP contribution in [0.5, 0.6) is 0 Å². The van der Waals surface area contributed by atoms with Crippen molar-refractivity contribution in [3.05, 3.63) is 0 Å². The van der Waals surface area contributed by atoms with Crippen LogP contribution in [0.4, 0.5) is 0 Å². The van der Waals surface area contributed by atoms with Crippen LogP contribution >= 0.6 is 0 Å². The Labute approximate surface area is 115 Å². The van der Waals surface area contributed by atoms with E-state index in [1.165, 1.54) is 19.3 Å². The smallest absolute Gasteiger partial charge is 0.239 e. The normalized spacial score (nSPS) is 30.1. The number of nitrogens with two attached hydrogens (primary N) is 1. The summed E-state index contributed by atoms with van der Waals surface area (Å²) in [5, 5.41) is 3.50. The maximum atomic E-state index is 12.3. The Morgan fingerprint density at radius 1 is 1.37 bits per heavy atom. The molecule has 0 spiro atoms. The lowest BCUT2D eigenvalue weighted by atomic mass is 9.84. The van der Waals surface area contributed by atoms with Crippen molar-refractivity contribution in [3.63, 3.8) is 0 Å². The van der Waals surface area contributed by atoms with E-state index in [0.29, 0.717) is 25.2 Å². The molecule has 3 unspecified atom stereocenters. The molecule has 2 rings (SSSR count). The summed E-state index contributed by atoms with van der Waals surface area (Å²) in [5.74, 6) is 0.721. The summed E-state index contributed by atoms with van der Waals surface area (Å²) in [4.78, 5) is 14.2. The van der Waals surface area contributed by atoms with E-state index in [1.807, 2.05) is 11.8 Å². The van der Waals surface area contributed by atoms with Crippen LogP contribution in [-0.4, -0.2) is 55.7 Å². The van der Waals surface area contributed by atoms with Crippen LogP contribution < -0.4 is 11.1 Å². The molecule has 2 aliphatic rings. The Bertz CT molecular complexity index is 292. The van der Waals surface area contributed by atoms with Crippen LogP contribution in [0.1, 0.15) is 32.6 Å². The molecule has 3 atom stereocenters. The second kappa shape index (κ2) is 7.22. The first-order valence-electron chi connectivity index (χ1n) is 7.55. The number of hydrogen-bond donors (Lipinski definition) is 2. The van der Waals surface area contributed by atoms with Gasteiger partial charge in [-0.2, -0.15) is 0 Å². The number of nitrogens with one attached hydrogen (secondary N) is 1. The zero-order chi connectivity index (χ0) is 13.7. The van der Waals surface area contributed by atoms with Crippen molar-refractivity contribution < 1.29 is 9.53 Å². The molecule has 2 fully saturated rings.